The van der Waals surface area contributed by atoms with E-state index in [0.29, 0.717) is 32.8 Å². The second kappa shape index (κ2) is 7.07. The lowest BCUT2D eigenvalue weighted by Crippen LogP contribution is -2.55. The Labute approximate surface area is 119 Å². The molecule has 0 saturated carbocycles. The summed E-state index contributed by atoms with van der Waals surface area (Å²) in [5.74, 6) is 0.0274. The summed E-state index contributed by atoms with van der Waals surface area (Å²) in [5.41, 5.74) is 5.57. The lowest BCUT2D eigenvalue weighted by molar-refractivity contribution is -0.146. The number of rotatable bonds is 2. The normalized spacial score (nSPS) is 24.8. The van der Waals surface area contributed by atoms with Crippen molar-refractivity contribution in [1.29, 1.82) is 0 Å². The molecular formula is C12H22ClN3O3. The van der Waals surface area contributed by atoms with Crippen molar-refractivity contribution in [2.75, 3.05) is 32.8 Å². The van der Waals surface area contributed by atoms with Crippen LogP contribution in [0.3, 0.4) is 0 Å². The van der Waals surface area contributed by atoms with Crippen LogP contribution in [-0.4, -0.2) is 66.5 Å². The molecule has 19 heavy (non-hydrogen) atoms. The number of piperazine rings is 1. The minimum absolute atomic E-state index is 0. The maximum Gasteiger partial charge on any atom is 0.251 e. The van der Waals surface area contributed by atoms with Crippen LogP contribution < -0.4 is 5.73 Å². The fourth-order valence-corrected chi connectivity index (χ4v) is 2.41. The maximum atomic E-state index is 12.1. The Kier molecular flexibility index (Phi) is 6.03. The van der Waals surface area contributed by atoms with E-state index >= 15 is 0 Å². The van der Waals surface area contributed by atoms with E-state index in [4.69, 9.17) is 10.5 Å². The predicted octanol–water partition coefficient (Wildman–Crippen LogP) is -0.395. The molecule has 2 amide bonds. The number of hydrogen-bond donors (Lipinski definition) is 1. The third kappa shape index (κ3) is 3.81. The first kappa shape index (κ1) is 16.2. The molecule has 7 heteroatoms. The molecule has 2 aliphatic heterocycles. The van der Waals surface area contributed by atoms with Crippen LogP contribution in [0.15, 0.2) is 0 Å². The molecule has 2 atom stereocenters. The standard InChI is InChI=1S/C12H21N3O3.ClH/c1-9(13)11(16)14-4-6-15(7-5-14)12(17)10-3-2-8-18-10;/h9-10H,2-8,13H2,1H3;1H/t9-,10?;/m0./s1. The van der Waals surface area contributed by atoms with Crippen molar-refractivity contribution in [3.8, 4) is 0 Å². The van der Waals surface area contributed by atoms with Gasteiger partial charge in [-0.3, -0.25) is 9.59 Å². The first-order valence-electron chi connectivity index (χ1n) is 6.54. The van der Waals surface area contributed by atoms with E-state index in [2.05, 4.69) is 0 Å². The molecular weight excluding hydrogens is 270 g/mol. The molecule has 6 nitrogen and oxygen atoms in total. The Morgan fingerprint density at radius 3 is 2.26 bits per heavy atom. The molecule has 0 spiro atoms. The van der Waals surface area contributed by atoms with Gasteiger partial charge >= 0.3 is 0 Å². The summed E-state index contributed by atoms with van der Waals surface area (Å²) in [5, 5.41) is 0. The zero-order valence-corrected chi connectivity index (χ0v) is 12.0. The summed E-state index contributed by atoms with van der Waals surface area (Å²) in [6.45, 7) is 4.66. The molecule has 1 unspecified atom stereocenters. The average Bonchev–Trinajstić information content (AvgIpc) is 2.91. The number of halogens is 1. The first-order chi connectivity index (χ1) is 8.59. The van der Waals surface area contributed by atoms with Gasteiger partial charge in [0.05, 0.1) is 6.04 Å². The quantitative estimate of drug-likeness (QED) is 0.751. The average molecular weight is 292 g/mol. The molecule has 0 aromatic heterocycles. The van der Waals surface area contributed by atoms with Crippen molar-refractivity contribution in [1.82, 2.24) is 9.80 Å². The Morgan fingerprint density at radius 2 is 1.79 bits per heavy atom. The van der Waals surface area contributed by atoms with Gasteiger partial charge in [-0.15, -0.1) is 12.4 Å². The van der Waals surface area contributed by atoms with Gasteiger partial charge in [0.2, 0.25) is 5.91 Å². The minimum Gasteiger partial charge on any atom is -0.368 e. The summed E-state index contributed by atoms with van der Waals surface area (Å²) in [6.07, 6.45) is 1.51. The van der Waals surface area contributed by atoms with Gasteiger partial charge < -0.3 is 20.3 Å². The zero-order chi connectivity index (χ0) is 13.1. The molecule has 0 aromatic carbocycles. The maximum absolute atomic E-state index is 12.1. The molecule has 2 N–H and O–H groups in total. The zero-order valence-electron chi connectivity index (χ0n) is 11.2. The lowest BCUT2D eigenvalue weighted by Gasteiger charge is -2.36. The number of carbonyl (C=O) groups is 2. The van der Waals surface area contributed by atoms with E-state index < -0.39 is 6.04 Å². The molecule has 0 radical (unpaired) electrons. The highest BCUT2D eigenvalue weighted by atomic mass is 35.5. The number of nitrogens with two attached hydrogens (primary N) is 1. The SMILES string of the molecule is C[C@H](N)C(=O)N1CCN(C(=O)C2CCCO2)CC1.Cl. The molecule has 2 heterocycles. The van der Waals surface area contributed by atoms with Gasteiger partial charge in [0.25, 0.3) is 5.91 Å². The molecule has 2 saturated heterocycles. The van der Waals surface area contributed by atoms with Gasteiger partial charge in [-0.2, -0.15) is 0 Å². The molecule has 110 valence electrons. The lowest BCUT2D eigenvalue weighted by atomic mass is 10.2. The van der Waals surface area contributed by atoms with E-state index in [0.717, 1.165) is 12.8 Å². The number of amides is 2. The topological polar surface area (TPSA) is 75.9 Å². The van der Waals surface area contributed by atoms with E-state index in [1.807, 2.05) is 0 Å². The Balaban J connectivity index is 0.00000180. The summed E-state index contributed by atoms with van der Waals surface area (Å²) < 4.78 is 5.39. The van der Waals surface area contributed by atoms with Crippen LogP contribution in [0.5, 0.6) is 0 Å². The fourth-order valence-electron chi connectivity index (χ4n) is 2.41. The molecule has 2 rings (SSSR count). The van der Waals surface area contributed by atoms with Crippen LogP contribution in [0.4, 0.5) is 0 Å². The van der Waals surface area contributed by atoms with Crippen LogP contribution in [0, 0.1) is 0 Å². The van der Waals surface area contributed by atoms with Gasteiger partial charge in [0.1, 0.15) is 6.10 Å². The third-order valence-electron chi connectivity index (χ3n) is 3.50. The highest BCUT2D eigenvalue weighted by Gasteiger charge is 2.31. The largest absolute Gasteiger partial charge is 0.368 e. The molecule has 2 aliphatic rings. The highest BCUT2D eigenvalue weighted by Crippen LogP contribution is 2.16. The smallest absolute Gasteiger partial charge is 0.251 e. The van der Waals surface area contributed by atoms with Crippen molar-refractivity contribution < 1.29 is 14.3 Å². The Bertz CT molecular complexity index is 324. The van der Waals surface area contributed by atoms with Crippen LogP contribution in [0.1, 0.15) is 19.8 Å². The van der Waals surface area contributed by atoms with Crippen LogP contribution in [0.25, 0.3) is 0 Å². The number of carbonyl (C=O) groups excluding carboxylic acids is 2. The molecule has 0 bridgehead atoms. The van der Waals surface area contributed by atoms with Crippen molar-refractivity contribution >= 4 is 24.2 Å². The van der Waals surface area contributed by atoms with E-state index in [9.17, 15) is 9.59 Å². The van der Waals surface area contributed by atoms with Crippen LogP contribution in [0.2, 0.25) is 0 Å². The molecule has 0 aliphatic carbocycles. The minimum atomic E-state index is -0.467. The predicted molar refractivity (Wildman–Crippen MR) is 73.0 cm³/mol. The monoisotopic (exact) mass is 291 g/mol. The second-order valence-corrected chi connectivity index (χ2v) is 4.94. The van der Waals surface area contributed by atoms with Gasteiger partial charge in [0, 0.05) is 32.8 Å². The van der Waals surface area contributed by atoms with Crippen molar-refractivity contribution in [2.45, 2.75) is 31.9 Å². The summed E-state index contributed by atoms with van der Waals surface area (Å²) in [6, 6.07) is -0.467. The highest BCUT2D eigenvalue weighted by molar-refractivity contribution is 5.85. The van der Waals surface area contributed by atoms with Gasteiger partial charge in [0.15, 0.2) is 0 Å². The molecule has 0 aromatic rings. The van der Waals surface area contributed by atoms with Gasteiger partial charge in [-0.25, -0.2) is 0 Å². The van der Waals surface area contributed by atoms with Gasteiger partial charge in [-0.1, -0.05) is 0 Å². The fraction of sp³-hybridized carbons (Fsp3) is 0.833. The van der Waals surface area contributed by atoms with Crippen molar-refractivity contribution in [3.05, 3.63) is 0 Å². The van der Waals surface area contributed by atoms with Crippen molar-refractivity contribution in [2.24, 2.45) is 5.73 Å². The number of nitrogens with zero attached hydrogens (tertiary/aromatic N) is 2. The summed E-state index contributed by atoms with van der Waals surface area (Å²) in [7, 11) is 0. The first-order valence-corrected chi connectivity index (χ1v) is 6.54. The van der Waals surface area contributed by atoms with E-state index in [-0.39, 0.29) is 30.3 Å². The Morgan fingerprint density at radius 1 is 1.21 bits per heavy atom. The van der Waals surface area contributed by atoms with Crippen molar-refractivity contribution in [3.63, 3.8) is 0 Å². The summed E-state index contributed by atoms with van der Waals surface area (Å²) >= 11 is 0. The second-order valence-electron chi connectivity index (χ2n) is 4.94. The van der Waals surface area contributed by atoms with Gasteiger partial charge in [-0.05, 0) is 19.8 Å². The van der Waals surface area contributed by atoms with Crippen LogP contribution >= 0.6 is 12.4 Å². The number of ether oxygens (including phenoxy) is 1. The van der Waals surface area contributed by atoms with E-state index in [1.54, 1.807) is 16.7 Å². The van der Waals surface area contributed by atoms with Crippen LogP contribution in [-0.2, 0) is 14.3 Å². The third-order valence-corrected chi connectivity index (χ3v) is 3.50. The van der Waals surface area contributed by atoms with E-state index in [1.165, 1.54) is 0 Å². The Hall–Kier alpha value is -0.850. The number of hydrogen-bond acceptors (Lipinski definition) is 4. The summed E-state index contributed by atoms with van der Waals surface area (Å²) in [4.78, 5) is 27.3. The molecule has 2 fully saturated rings.